The molecule has 1 unspecified atom stereocenters. The first-order valence-corrected chi connectivity index (χ1v) is 6.02. The summed E-state index contributed by atoms with van der Waals surface area (Å²) in [7, 11) is 0. The Balaban J connectivity index is 2.54. The molecular formula is C16H19FO2. The molecule has 0 spiro atoms. The Morgan fingerprint density at radius 2 is 1.95 bits per heavy atom. The fourth-order valence-corrected chi connectivity index (χ4v) is 1.34. The van der Waals surface area contributed by atoms with Gasteiger partial charge < -0.3 is 9.84 Å². The Morgan fingerprint density at radius 3 is 2.47 bits per heavy atom. The zero-order chi connectivity index (χ0) is 14.4. The molecule has 0 fully saturated rings. The molecule has 1 rings (SSSR count). The lowest BCUT2D eigenvalue weighted by atomic mass is 10.1. The molecular weight excluding hydrogens is 243 g/mol. The second kappa shape index (κ2) is 6.90. The van der Waals surface area contributed by atoms with Crippen LogP contribution in [0.4, 0.5) is 4.39 Å². The van der Waals surface area contributed by atoms with Gasteiger partial charge in [0.05, 0.1) is 6.10 Å². The quantitative estimate of drug-likeness (QED) is 0.624. The Bertz CT molecular complexity index is 484. The average Bonchev–Trinajstić information content (AvgIpc) is 2.37. The highest BCUT2D eigenvalue weighted by atomic mass is 19.1. The van der Waals surface area contributed by atoms with Crippen LogP contribution in [0.2, 0.25) is 0 Å². The van der Waals surface area contributed by atoms with E-state index in [0.29, 0.717) is 6.61 Å². The molecule has 0 saturated carbocycles. The first kappa shape index (κ1) is 15.2. The van der Waals surface area contributed by atoms with Crippen molar-refractivity contribution in [3.05, 3.63) is 71.8 Å². The largest absolute Gasteiger partial charge is 0.489 e. The molecule has 1 N–H and O–H groups in total. The van der Waals surface area contributed by atoms with Crippen LogP contribution in [-0.4, -0.2) is 11.2 Å². The molecule has 3 heteroatoms. The number of hydrogen-bond donors (Lipinski definition) is 1. The number of rotatable bonds is 6. The van der Waals surface area contributed by atoms with Gasteiger partial charge >= 0.3 is 0 Å². The second-order valence-electron chi connectivity index (χ2n) is 4.43. The summed E-state index contributed by atoms with van der Waals surface area (Å²) in [5.74, 6) is -0.427. The molecule has 0 radical (unpaired) electrons. The van der Waals surface area contributed by atoms with E-state index in [0.717, 1.165) is 11.6 Å². The number of hydrogen-bond acceptors (Lipinski definition) is 2. The highest BCUT2D eigenvalue weighted by Crippen LogP contribution is 2.16. The van der Waals surface area contributed by atoms with Crippen LogP contribution in [0.5, 0.6) is 0 Å². The summed E-state index contributed by atoms with van der Waals surface area (Å²) in [6.07, 6.45) is 0.199. The van der Waals surface area contributed by atoms with Crippen molar-refractivity contribution < 1.29 is 14.2 Å². The summed E-state index contributed by atoms with van der Waals surface area (Å²) in [4.78, 5) is 0. The molecule has 0 aliphatic carbocycles. The highest BCUT2D eigenvalue weighted by Gasteiger charge is 2.08. The third-order valence-electron chi connectivity index (χ3n) is 2.64. The van der Waals surface area contributed by atoms with E-state index in [1.165, 1.54) is 12.5 Å². The van der Waals surface area contributed by atoms with E-state index in [-0.39, 0.29) is 11.3 Å². The lowest BCUT2D eigenvalue weighted by molar-refractivity contribution is 0.210. The van der Waals surface area contributed by atoms with E-state index in [1.54, 1.807) is 0 Å². The summed E-state index contributed by atoms with van der Waals surface area (Å²) < 4.78 is 18.9. The van der Waals surface area contributed by atoms with Crippen molar-refractivity contribution in [3.8, 4) is 0 Å². The van der Waals surface area contributed by atoms with Crippen molar-refractivity contribution in [2.45, 2.75) is 26.6 Å². The number of allylic oxidation sites excluding steroid dienone is 1. The van der Waals surface area contributed by atoms with Gasteiger partial charge in [-0.15, -0.1) is 0 Å². The molecule has 1 aromatic rings. The van der Waals surface area contributed by atoms with Gasteiger partial charge in [-0.2, -0.15) is 0 Å². The van der Waals surface area contributed by atoms with E-state index in [4.69, 9.17) is 4.74 Å². The predicted octanol–water partition coefficient (Wildman–Crippen LogP) is 3.82. The molecule has 0 amide bonds. The summed E-state index contributed by atoms with van der Waals surface area (Å²) in [5.41, 5.74) is 2.16. The lowest BCUT2D eigenvalue weighted by Gasteiger charge is -2.09. The number of aryl methyl sites for hydroxylation is 1. The molecule has 1 atom stereocenters. The first-order valence-electron chi connectivity index (χ1n) is 6.02. The van der Waals surface area contributed by atoms with Gasteiger partial charge in [-0.25, -0.2) is 4.39 Å². The van der Waals surface area contributed by atoms with E-state index in [9.17, 15) is 9.50 Å². The van der Waals surface area contributed by atoms with Crippen LogP contribution in [0.25, 0.3) is 0 Å². The molecule has 0 aromatic heterocycles. The monoisotopic (exact) mass is 262 g/mol. The van der Waals surface area contributed by atoms with Gasteiger partial charge in [-0.05, 0) is 19.4 Å². The fourth-order valence-electron chi connectivity index (χ4n) is 1.34. The van der Waals surface area contributed by atoms with Crippen molar-refractivity contribution >= 4 is 0 Å². The van der Waals surface area contributed by atoms with Crippen LogP contribution >= 0.6 is 0 Å². The van der Waals surface area contributed by atoms with Gasteiger partial charge in [0.15, 0.2) is 0 Å². The minimum atomic E-state index is -0.929. The first-order chi connectivity index (χ1) is 8.90. The smallest absolute Gasteiger partial charge is 0.132 e. The molecule has 102 valence electrons. The second-order valence-corrected chi connectivity index (χ2v) is 4.43. The maximum Gasteiger partial charge on any atom is 0.132 e. The molecule has 0 saturated heterocycles. The third kappa shape index (κ3) is 5.10. The number of aliphatic hydroxyl groups is 1. The zero-order valence-corrected chi connectivity index (χ0v) is 11.3. The van der Waals surface area contributed by atoms with Crippen LogP contribution < -0.4 is 0 Å². The number of benzene rings is 1. The summed E-state index contributed by atoms with van der Waals surface area (Å²) in [6.45, 7) is 10.8. The minimum Gasteiger partial charge on any atom is -0.489 e. The zero-order valence-electron chi connectivity index (χ0n) is 11.3. The standard InChI is InChI=1S/C16H19FO2/c1-11-5-7-15(8-6-11)10-19-12(2)9-16(17)13(3)14(4)18/h5-9,14,18H,2-3,10H2,1,4H3/b16-9+. The van der Waals surface area contributed by atoms with Crippen molar-refractivity contribution in [1.82, 2.24) is 0 Å². The lowest BCUT2D eigenvalue weighted by Crippen LogP contribution is -2.04. The molecule has 0 heterocycles. The Morgan fingerprint density at radius 1 is 1.37 bits per heavy atom. The van der Waals surface area contributed by atoms with Crippen LogP contribution in [-0.2, 0) is 11.3 Å². The molecule has 2 nitrogen and oxygen atoms in total. The third-order valence-corrected chi connectivity index (χ3v) is 2.64. The van der Waals surface area contributed by atoms with Crippen LogP contribution in [0.15, 0.2) is 60.7 Å². The number of ether oxygens (including phenoxy) is 1. The highest BCUT2D eigenvalue weighted by molar-refractivity contribution is 5.30. The predicted molar refractivity (Wildman–Crippen MR) is 75.1 cm³/mol. The molecule has 19 heavy (non-hydrogen) atoms. The topological polar surface area (TPSA) is 29.5 Å². The SMILES string of the molecule is C=C(/C=C(/F)C(=C)C(C)O)OCc1ccc(C)cc1. The van der Waals surface area contributed by atoms with Crippen molar-refractivity contribution in [2.75, 3.05) is 0 Å². The summed E-state index contributed by atoms with van der Waals surface area (Å²) >= 11 is 0. The van der Waals surface area contributed by atoms with E-state index in [1.807, 2.05) is 31.2 Å². The Hall–Kier alpha value is -1.87. The van der Waals surface area contributed by atoms with Crippen molar-refractivity contribution in [2.24, 2.45) is 0 Å². The van der Waals surface area contributed by atoms with Gasteiger partial charge in [0.1, 0.15) is 18.2 Å². The van der Waals surface area contributed by atoms with E-state index >= 15 is 0 Å². The molecule has 0 bridgehead atoms. The van der Waals surface area contributed by atoms with Gasteiger partial charge in [-0.1, -0.05) is 43.0 Å². The summed E-state index contributed by atoms with van der Waals surface area (Å²) in [6, 6.07) is 7.84. The van der Waals surface area contributed by atoms with E-state index in [2.05, 4.69) is 13.2 Å². The van der Waals surface area contributed by atoms with Crippen LogP contribution in [0.1, 0.15) is 18.1 Å². The number of halogens is 1. The van der Waals surface area contributed by atoms with Crippen molar-refractivity contribution in [1.29, 1.82) is 0 Å². The Kier molecular flexibility index (Phi) is 5.52. The maximum absolute atomic E-state index is 13.5. The Labute approximate surface area is 113 Å². The van der Waals surface area contributed by atoms with Gasteiger partial charge in [0.2, 0.25) is 0 Å². The molecule has 1 aromatic carbocycles. The van der Waals surface area contributed by atoms with Gasteiger partial charge in [0.25, 0.3) is 0 Å². The molecule has 0 aliphatic rings. The number of aliphatic hydroxyl groups excluding tert-OH is 1. The van der Waals surface area contributed by atoms with E-state index < -0.39 is 11.9 Å². The maximum atomic E-state index is 13.5. The summed E-state index contributed by atoms with van der Waals surface area (Å²) in [5, 5.41) is 9.19. The van der Waals surface area contributed by atoms with Crippen LogP contribution in [0.3, 0.4) is 0 Å². The normalized spacial score (nSPS) is 12.9. The van der Waals surface area contributed by atoms with Gasteiger partial charge in [0, 0.05) is 11.6 Å². The molecule has 0 aliphatic heterocycles. The fraction of sp³-hybridized carbons (Fsp3) is 0.250. The minimum absolute atomic E-state index is 0.0140. The van der Waals surface area contributed by atoms with Crippen LogP contribution in [0, 0.1) is 6.92 Å². The van der Waals surface area contributed by atoms with Crippen molar-refractivity contribution in [3.63, 3.8) is 0 Å². The van der Waals surface area contributed by atoms with Gasteiger partial charge in [-0.3, -0.25) is 0 Å². The average molecular weight is 262 g/mol.